The maximum Gasteiger partial charge on any atom is 0.185 e. The quantitative estimate of drug-likeness (QED) is 0.806. The Labute approximate surface area is 136 Å². The van der Waals surface area contributed by atoms with Crippen LogP contribution in [0.2, 0.25) is 0 Å². The second kappa shape index (κ2) is 8.67. The number of hydrogen-bond donors (Lipinski definition) is 2. The predicted molar refractivity (Wildman–Crippen MR) is 89.7 cm³/mol. The molecule has 2 unspecified atom stereocenters. The van der Waals surface area contributed by atoms with E-state index in [4.69, 9.17) is 0 Å². The lowest BCUT2D eigenvalue weighted by Gasteiger charge is -2.20. The summed E-state index contributed by atoms with van der Waals surface area (Å²) in [5, 5.41) is 20.4. The van der Waals surface area contributed by atoms with Gasteiger partial charge in [-0.05, 0) is 43.5 Å². The highest BCUT2D eigenvalue weighted by molar-refractivity contribution is 8.13. The molecule has 1 saturated heterocycles. The van der Waals surface area contributed by atoms with Gasteiger partial charge in [0.1, 0.15) is 6.10 Å². The molecule has 2 rings (SSSR count). The minimum atomic E-state index is -0.897. The molecule has 1 aromatic carbocycles. The smallest absolute Gasteiger partial charge is 0.185 e. The Morgan fingerprint density at radius 3 is 2.73 bits per heavy atom. The molecule has 5 heteroatoms. The van der Waals surface area contributed by atoms with Gasteiger partial charge in [-0.1, -0.05) is 36.0 Å². The number of aliphatic hydroxyl groups excluding tert-OH is 2. The molecule has 0 aliphatic carbocycles. The fraction of sp³-hybridized carbons (Fsp3) is 0.588. The van der Waals surface area contributed by atoms with E-state index in [0.717, 1.165) is 25.2 Å². The van der Waals surface area contributed by atoms with Crippen molar-refractivity contribution in [3.8, 4) is 0 Å². The van der Waals surface area contributed by atoms with Gasteiger partial charge in [0.25, 0.3) is 0 Å². The molecule has 1 heterocycles. The van der Waals surface area contributed by atoms with Crippen LogP contribution in [-0.4, -0.2) is 45.2 Å². The third-order valence-electron chi connectivity index (χ3n) is 3.98. The summed E-state index contributed by atoms with van der Waals surface area (Å²) in [4.78, 5) is 13.3. The molecule has 122 valence electrons. The molecule has 22 heavy (non-hydrogen) atoms. The molecule has 2 atom stereocenters. The topological polar surface area (TPSA) is 60.8 Å². The fourth-order valence-electron chi connectivity index (χ4n) is 2.78. The Morgan fingerprint density at radius 2 is 2.05 bits per heavy atom. The molecule has 2 N–H and O–H groups in total. The van der Waals surface area contributed by atoms with E-state index in [2.05, 4.69) is 11.0 Å². The van der Waals surface area contributed by atoms with Crippen LogP contribution >= 0.6 is 11.8 Å². The molecule has 0 radical (unpaired) electrons. The van der Waals surface area contributed by atoms with E-state index >= 15 is 0 Å². The molecule has 1 aliphatic rings. The fourth-order valence-corrected chi connectivity index (χ4v) is 3.42. The molecular formula is C17H25NO3S. The van der Waals surface area contributed by atoms with Crippen molar-refractivity contribution >= 4 is 16.9 Å². The van der Waals surface area contributed by atoms with Crippen molar-refractivity contribution in [1.29, 1.82) is 0 Å². The first-order valence-corrected chi connectivity index (χ1v) is 8.85. The van der Waals surface area contributed by atoms with Crippen molar-refractivity contribution in [3.05, 3.63) is 35.4 Å². The van der Waals surface area contributed by atoms with Crippen molar-refractivity contribution < 1.29 is 15.0 Å². The van der Waals surface area contributed by atoms with Gasteiger partial charge >= 0.3 is 0 Å². The number of carbonyl (C=O) groups is 1. The molecule has 0 aromatic heterocycles. The highest BCUT2D eigenvalue weighted by atomic mass is 32.2. The van der Waals surface area contributed by atoms with E-state index in [9.17, 15) is 15.0 Å². The van der Waals surface area contributed by atoms with Crippen LogP contribution in [0.25, 0.3) is 0 Å². The van der Waals surface area contributed by atoms with Gasteiger partial charge < -0.3 is 10.2 Å². The van der Waals surface area contributed by atoms with Gasteiger partial charge in [0, 0.05) is 19.2 Å². The SMILES string of the molecule is CC(=O)SCCC(O)C(O)c1cccc(CN2CCCC2)c1. The summed E-state index contributed by atoms with van der Waals surface area (Å²) < 4.78 is 0. The van der Waals surface area contributed by atoms with E-state index in [1.807, 2.05) is 18.2 Å². The Kier molecular flexibility index (Phi) is 6.89. The van der Waals surface area contributed by atoms with Crippen LogP contribution < -0.4 is 0 Å². The van der Waals surface area contributed by atoms with Crippen LogP contribution in [0.3, 0.4) is 0 Å². The molecule has 0 bridgehead atoms. The van der Waals surface area contributed by atoms with Crippen LogP contribution in [0.4, 0.5) is 0 Å². The Balaban J connectivity index is 1.90. The first-order chi connectivity index (χ1) is 10.6. The maximum atomic E-state index is 10.9. The van der Waals surface area contributed by atoms with Crippen molar-refractivity contribution in [2.24, 2.45) is 0 Å². The third kappa shape index (κ3) is 5.39. The molecule has 4 nitrogen and oxygen atoms in total. The highest BCUT2D eigenvalue weighted by Crippen LogP contribution is 2.22. The van der Waals surface area contributed by atoms with Crippen molar-refractivity contribution in [1.82, 2.24) is 4.90 Å². The van der Waals surface area contributed by atoms with Crippen molar-refractivity contribution in [2.45, 2.75) is 44.9 Å². The minimum absolute atomic E-state index is 0.0364. The highest BCUT2D eigenvalue weighted by Gasteiger charge is 2.19. The van der Waals surface area contributed by atoms with Crippen LogP contribution in [-0.2, 0) is 11.3 Å². The summed E-state index contributed by atoms with van der Waals surface area (Å²) in [7, 11) is 0. The van der Waals surface area contributed by atoms with Crippen LogP contribution in [0, 0.1) is 0 Å². The van der Waals surface area contributed by atoms with Gasteiger partial charge in [0.2, 0.25) is 0 Å². The van der Waals surface area contributed by atoms with E-state index in [1.165, 1.54) is 37.1 Å². The number of hydrogen-bond acceptors (Lipinski definition) is 5. The lowest BCUT2D eigenvalue weighted by Crippen LogP contribution is -2.21. The van der Waals surface area contributed by atoms with Crippen LogP contribution in [0.5, 0.6) is 0 Å². The standard InChI is InChI=1S/C17H25NO3S/c1-13(19)22-10-7-16(20)17(21)15-6-4-5-14(11-15)12-18-8-2-3-9-18/h4-6,11,16-17,20-21H,2-3,7-10,12H2,1H3. The monoisotopic (exact) mass is 323 g/mol. The summed E-state index contributed by atoms with van der Waals surface area (Å²) in [6.07, 6.45) is 1.19. The predicted octanol–water partition coefficient (Wildman–Crippen LogP) is 2.35. The molecular weight excluding hydrogens is 298 g/mol. The second-order valence-electron chi connectivity index (χ2n) is 5.87. The molecule has 1 fully saturated rings. The van der Waals surface area contributed by atoms with Gasteiger partial charge in [-0.25, -0.2) is 0 Å². The van der Waals surface area contributed by atoms with Crippen LogP contribution in [0.15, 0.2) is 24.3 Å². The average molecular weight is 323 g/mol. The number of nitrogens with zero attached hydrogens (tertiary/aromatic N) is 1. The van der Waals surface area contributed by atoms with E-state index in [1.54, 1.807) is 0 Å². The molecule has 0 spiro atoms. The molecule has 1 aliphatic heterocycles. The van der Waals surface area contributed by atoms with Gasteiger partial charge in [-0.15, -0.1) is 0 Å². The van der Waals surface area contributed by atoms with Gasteiger partial charge in [0.05, 0.1) is 6.10 Å². The lowest BCUT2D eigenvalue weighted by molar-refractivity contribution is -0.109. The largest absolute Gasteiger partial charge is 0.390 e. The first-order valence-electron chi connectivity index (χ1n) is 7.87. The normalized spacial score (nSPS) is 18.3. The Bertz CT molecular complexity index is 489. The maximum absolute atomic E-state index is 10.9. The molecule has 1 aromatic rings. The third-order valence-corrected chi connectivity index (χ3v) is 4.83. The zero-order chi connectivity index (χ0) is 15.9. The average Bonchev–Trinajstić information content (AvgIpc) is 2.99. The number of rotatable bonds is 7. The molecule has 0 amide bonds. The minimum Gasteiger partial charge on any atom is -0.390 e. The second-order valence-corrected chi connectivity index (χ2v) is 7.14. The van der Waals surface area contributed by atoms with Crippen molar-refractivity contribution in [3.63, 3.8) is 0 Å². The summed E-state index contributed by atoms with van der Waals surface area (Å²) in [6, 6.07) is 7.82. The van der Waals surface area contributed by atoms with E-state index in [-0.39, 0.29) is 5.12 Å². The number of likely N-dealkylation sites (tertiary alicyclic amines) is 1. The number of benzene rings is 1. The van der Waals surface area contributed by atoms with Crippen LogP contribution in [0.1, 0.15) is 43.4 Å². The van der Waals surface area contributed by atoms with Crippen molar-refractivity contribution in [2.75, 3.05) is 18.8 Å². The zero-order valence-electron chi connectivity index (χ0n) is 13.1. The number of thioether (sulfide) groups is 1. The summed E-state index contributed by atoms with van der Waals surface area (Å²) in [6.45, 7) is 4.68. The summed E-state index contributed by atoms with van der Waals surface area (Å²) in [5.41, 5.74) is 1.92. The lowest BCUT2D eigenvalue weighted by atomic mass is 10.0. The van der Waals surface area contributed by atoms with Gasteiger partial charge in [-0.2, -0.15) is 0 Å². The zero-order valence-corrected chi connectivity index (χ0v) is 13.9. The summed E-state index contributed by atoms with van der Waals surface area (Å²) >= 11 is 1.18. The van der Waals surface area contributed by atoms with E-state index < -0.39 is 12.2 Å². The molecule has 0 saturated carbocycles. The first kappa shape index (κ1) is 17.5. The Morgan fingerprint density at radius 1 is 1.32 bits per heavy atom. The summed E-state index contributed by atoms with van der Waals surface area (Å²) in [5.74, 6) is 0.529. The number of aliphatic hydroxyl groups is 2. The van der Waals surface area contributed by atoms with Gasteiger partial charge in [0.15, 0.2) is 5.12 Å². The van der Waals surface area contributed by atoms with Gasteiger partial charge in [-0.3, -0.25) is 9.69 Å². The number of carbonyl (C=O) groups excluding carboxylic acids is 1. The Hall–Kier alpha value is -0.880. The van der Waals surface area contributed by atoms with E-state index in [0.29, 0.717) is 12.2 Å².